The molecule has 0 aliphatic rings. The molecule has 1 heterocycles. The van der Waals surface area contributed by atoms with Crippen LogP contribution in [-0.2, 0) is 14.8 Å². The fourth-order valence-electron chi connectivity index (χ4n) is 0.928. The molecule has 16 heavy (non-hydrogen) atoms. The van der Waals surface area contributed by atoms with E-state index in [1.165, 1.54) is 6.07 Å². The van der Waals surface area contributed by atoms with E-state index in [-0.39, 0.29) is 17.2 Å². The van der Waals surface area contributed by atoms with Gasteiger partial charge in [-0.05, 0) is 34.5 Å². The third-order valence-corrected chi connectivity index (χ3v) is 5.80. The largest absolute Gasteiger partial charge is 0.481 e. The molecule has 0 saturated heterocycles. The molecule has 1 rings (SSSR count). The Morgan fingerprint density at radius 2 is 2.25 bits per heavy atom. The van der Waals surface area contributed by atoms with Gasteiger partial charge in [0.05, 0.1) is 10.2 Å². The number of thiophene rings is 1. The minimum Gasteiger partial charge on any atom is -0.481 e. The summed E-state index contributed by atoms with van der Waals surface area (Å²) < 4.78 is 26.5. The van der Waals surface area contributed by atoms with Crippen LogP contribution in [-0.4, -0.2) is 26.0 Å². The molecule has 2 N–H and O–H groups in total. The normalized spacial score (nSPS) is 11.6. The number of carboxylic acid groups (broad SMARTS) is 1. The van der Waals surface area contributed by atoms with Gasteiger partial charge in [-0.15, -0.1) is 11.3 Å². The maximum Gasteiger partial charge on any atom is 0.304 e. The average molecular weight is 328 g/mol. The van der Waals surface area contributed by atoms with Crippen molar-refractivity contribution >= 4 is 43.3 Å². The van der Waals surface area contributed by atoms with Crippen LogP contribution in [0.25, 0.3) is 0 Å². The minimum absolute atomic E-state index is 0.105. The van der Waals surface area contributed by atoms with Gasteiger partial charge in [0.25, 0.3) is 0 Å². The summed E-state index contributed by atoms with van der Waals surface area (Å²) in [6.45, 7) is 1.68. The first-order valence-corrected chi connectivity index (χ1v) is 7.39. The summed E-state index contributed by atoms with van der Waals surface area (Å²) in [7, 11) is -3.58. The molecule has 0 fully saturated rings. The molecule has 5 nitrogen and oxygen atoms in total. The molecule has 8 heteroatoms. The van der Waals surface area contributed by atoms with Crippen LogP contribution in [0.4, 0.5) is 0 Å². The summed E-state index contributed by atoms with van der Waals surface area (Å²) in [4.78, 5) is 10.2. The van der Waals surface area contributed by atoms with Crippen LogP contribution in [0.3, 0.4) is 0 Å². The Labute approximate surface area is 106 Å². The highest BCUT2D eigenvalue weighted by molar-refractivity contribution is 9.11. The van der Waals surface area contributed by atoms with Crippen molar-refractivity contribution in [3.8, 4) is 0 Å². The molecule has 0 spiro atoms. The van der Waals surface area contributed by atoms with E-state index in [2.05, 4.69) is 20.7 Å². The molecule has 1 aromatic rings. The summed E-state index contributed by atoms with van der Waals surface area (Å²) in [6.07, 6.45) is -0.231. The van der Waals surface area contributed by atoms with Crippen LogP contribution in [0.5, 0.6) is 0 Å². The van der Waals surface area contributed by atoms with Gasteiger partial charge in [-0.1, -0.05) is 0 Å². The average Bonchev–Trinajstić information content (AvgIpc) is 2.46. The monoisotopic (exact) mass is 327 g/mol. The Morgan fingerprint density at radius 1 is 1.62 bits per heavy atom. The van der Waals surface area contributed by atoms with Gasteiger partial charge in [-0.2, -0.15) is 0 Å². The Morgan fingerprint density at radius 3 is 2.69 bits per heavy atom. The number of rotatable bonds is 5. The van der Waals surface area contributed by atoms with Crippen LogP contribution in [0.1, 0.15) is 12.0 Å². The zero-order valence-electron chi connectivity index (χ0n) is 8.36. The van der Waals surface area contributed by atoms with Crippen molar-refractivity contribution in [3.05, 3.63) is 15.4 Å². The minimum atomic E-state index is -3.58. The maximum atomic E-state index is 11.7. The number of sulfonamides is 1. The molecule has 0 bridgehead atoms. The molecule has 0 amide bonds. The van der Waals surface area contributed by atoms with E-state index in [1.807, 2.05) is 0 Å². The van der Waals surface area contributed by atoms with Crippen LogP contribution in [0, 0.1) is 6.92 Å². The topological polar surface area (TPSA) is 83.5 Å². The van der Waals surface area contributed by atoms with Gasteiger partial charge < -0.3 is 5.11 Å². The van der Waals surface area contributed by atoms with Gasteiger partial charge in [-0.25, -0.2) is 13.1 Å². The number of aliphatic carboxylic acids is 1. The first kappa shape index (κ1) is 13.6. The lowest BCUT2D eigenvalue weighted by Gasteiger charge is -2.01. The van der Waals surface area contributed by atoms with E-state index < -0.39 is 16.0 Å². The first-order valence-electron chi connectivity index (χ1n) is 4.30. The summed E-state index contributed by atoms with van der Waals surface area (Å²) in [5.41, 5.74) is 0.837. The van der Waals surface area contributed by atoms with Gasteiger partial charge >= 0.3 is 5.97 Å². The highest BCUT2D eigenvalue weighted by Crippen LogP contribution is 2.30. The third-order valence-electron chi connectivity index (χ3n) is 1.73. The Kier molecular flexibility index (Phi) is 4.48. The van der Waals surface area contributed by atoms with Gasteiger partial charge in [0.15, 0.2) is 0 Å². The first-order chi connectivity index (χ1) is 7.33. The number of aryl methyl sites for hydroxylation is 1. The predicted molar refractivity (Wildman–Crippen MR) is 64.2 cm³/mol. The predicted octanol–water partition coefficient (Wildman–Crippen LogP) is 1.57. The van der Waals surface area contributed by atoms with E-state index in [0.717, 1.165) is 20.7 Å². The van der Waals surface area contributed by atoms with E-state index in [4.69, 9.17) is 5.11 Å². The van der Waals surface area contributed by atoms with Gasteiger partial charge in [0.2, 0.25) is 10.0 Å². The van der Waals surface area contributed by atoms with E-state index in [9.17, 15) is 13.2 Å². The highest BCUT2D eigenvalue weighted by Gasteiger charge is 2.17. The molecule has 0 aromatic carbocycles. The molecular weight excluding hydrogens is 318 g/mol. The van der Waals surface area contributed by atoms with Crippen molar-refractivity contribution in [2.75, 3.05) is 6.54 Å². The lowest BCUT2D eigenvalue weighted by molar-refractivity contribution is -0.136. The standard InChI is InChI=1S/C8H10BrNO4S2/c1-5-4-7(15-8(5)9)16(13,14)10-3-2-6(11)12/h4,10H,2-3H2,1H3,(H,11,12). The maximum absolute atomic E-state index is 11.7. The van der Waals surface area contributed by atoms with Crippen molar-refractivity contribution in [1.29, 1.82) is 0 Å². The second-order valence-electron chi connectivity index (χ2n) is 3.06. The van der Waals surface area contributed by atoms with Crippen LogP contribution >= 0.6 is 27.3 Å². The van der Waals surface area contributed by atoms with Crippen LogP contribution in [0.15, 0.2) is 14.1 Å². The number of halogens is 1. The Bertz CT molecular complexity index is 475. The van der Waals surface area contributed by atoms with Crippen LogP contribution in [0.2, 0.25) is 0 Å². The molecule has 0 saturated carbocycles. The summed E-state index contributed by atoms with van der Waals surface area (Å²) in [6, 6.07) is 1.54. The number of nitrogens with one attached hydrogen (secondary N) is 1. The van der Waals surface area contributed by atoms with Crippen molar-refractivity contribution in [1.82, 2.24) is 4.72 Å². The lowest BCUT2D eigenvalue weighted by atomic mass is 10.4. The number of hydrogen-bond acceptors (Lipinski definition) is 4. The fourth-order valence-corrected chi connectivity index (χ4v) is 4.23. The lowest BCUT2D eigenvalue weighted by Crippen LogP contribution is -2.25. The highest BCUT2D eigenvalue weighted by atomic mass is 79.9. The van der Waals surface area contributed by atoms with Crippen molar-refractivity contribution < 1.29 is 18.3 Å². The molecule has 90 valence electrons. The SMILES string of the molecule is Cc1cc(S(=O)(=O)NCCC(=O)O)sc1Br. The smallest absolute Gasteiger partial charge is 0.304 e. The molecular formula is C8H10BrNO4S2. The molecule has 0 aliphatic carbocycles. The van der Waals surface area contributed by atoms with Crippen molar-refractivity contribution in [2.45, 2.75) is 17.6 Å². The fraction of sp³-hybridized carbons (Fsp3) is 0.375. The zero-order chi connectivity index (χ0) is 12.3. The molecule has 1 aromatic heterocycles. The Hall–Kier alpha value is -0.440. The van der Waals surface area contributed by atoms with Gasteiger partial charge in [0, 0.05) is 6.54 Å². The van der Waals surface area contributed by atoms with E-state index >= 15 is 0 Å². The number of carbonyl (C=O) groups is 1. The molecule has 0 unspecified atom stereocenters. The quantitative estimate of drug-likeness (QED) is 0.859. The van der Waals surface area contributed by atoms with Crippen molar-refractivity contribution in [2.24, 2.45) is 0 Å². The third kappa shape index (κ3) is 3.55. The van der Waals surface area contributed by atoms with Crippen LogP contribution < -0.4 is 4.72 Å². The van der Waals surface area contributed by atoms with Gasteiger partial charge in [-0.3, -0.25) is 4.79 Å². The van der Waals surface area contributed by atoms with Crippen molar-refractivity contribution in [3.63, 3.8) is 0 Å². The summed E-state index contributed by atoms with van der Waals surface area (Å²) in [5.74, 6) is -1.04. The second-order valence-corrected chi connectivity index (χ2v) is 7.43. The second kappa shape index (κ2) is 5.26. The zero-order valence-corrected chi connectivity index (χ0v) is 11.6. The number of hydrogen-bond donors (Lipinski definition) is 2. The number of carboxylic acids is 1. The summed E-state index contributed by atoms with van der Waals surface area (Å²) in [5, 5.41) is 8.39. The van der Waals surface area contributed by atoms with Gasteiger partial charge in [0.1, 0.15) is 4.21 Å². The van der Waals surface area contributed by atoms with E-state index in [0.29, 0.717) is 0 Å². The molecule has 0 atom stereocenters. The molecule has 0 radical (unpaired) electrons. The molecule has 0 aliphatic heterocycles. The Balaban J connectivity index is 2.74. The summed E-state index contributed by atoms with van der Waals surface area (Å²) >= 11 is 4.33. The van der Waals surface area contributed by atoms with E-state index in [1.54, 1.807) is 6.92 Å².